The second-order valence-electron chi connectivity index (χ2n) is 8.05. The van der Waals surface area contributed by atoms with Gasteiger partial charge in [-0.1, -0.05) is 51.1 Å². The zero-order valence-corrected chi connectivity index (χ0v) is 18.7. The van der Waals surface area contributed by atoms with Crippen LogP contribution in [-0.4, -0.2) is 52.7 Å². The van der Waals surface area contributed by atoms with E-state index in [0.29, 0.717) is 43.7 Å². The Kier molecular flexibility index (Phi) is 7.41. The highest BCUT2D eigenvalue weighted by molar-refractivity contribution is 5.94. The van der Waals surface area contributed by atoms with E-state index in [0.717, 1.165) is 11.1 Å². The highest BCUT2D eigenvalue weighted by atomic mass is 16.6. The van der Waals surface area contributed by atoms with Gasteiger partial charge in [0.05, 0.1) is 16.6 Å². The van der Waals surface area contributed by atoms with Gasteiger partial charge in [-0.25, -0.2) is 0 Å². The summed E-state index contributed by atoms with van der Waals surface area (Å²) in [5.74, 6) is 0.0905. The second-order valence-corrected chi connectivity index (χ2v) is 8.05. The van der Waals surface area contributed by atoms with Gasteiger partial charge in [0.1, 0.15) is 0 Å². The second kappa shape index (κ2) is 10.2. The predicted molar refractivity (Wildman–Crippen MR) is 124 cm³/mol. The van der Waals surface area contributed by atoms with E-state index in [2.05, 4.69) is 6.07 Å². The third-order valence-electron chi connectivity index (χ3n) is 5.70. The molecule has 1 fully saturated rings. The summed E-state index contributed by atoms with van der Waals surface area (Å²) in [5.41, 5.74) is 2.71. The monoisotopic (exact) mass is 434 g/mol. The Morgan fingerprint density at radius 2 is 1.78 bits per heavy atom. The lowest BCUT2D eigenvalue weighted by atomic mass is 9.89. The number of nitrogens with zero attached hydrogens (tertiary/aromatic N) is 3. The number of rotatable bonds is 6. The maximum Gasteiger partial charge on any atom is 0.285 e. The SMILES string of the molecule is CCC(=O)N1CCN(C(=O)/C=C/c2cc[c]c([N+](=O)[O-])c2-c2ccccc2C(C)C)CC1. The van der Waals surface area contributed by atoms with Crippen LogP contribution < -0.4 is 0 Å². The van der Waals surface area contributed by atoms with Crippen LogP contribution in [0.25, 0.3) is 17.2 Å². The highest BCUT2D eigenvalue weighted by Gasteiger charge is 2.24. The van der Waals surface area contributed by atoms with Crippen molar-refractivity contribution in [1.29, 1.82) is 0 Å². The Bertz CT molecular complexity index is 1040. The van der Waals surface area contributed by atoms with Gasteiger partial charge in [0, 0.05) is 38.7 Å². The molecule has 0 spiro atoms. The lowest BCUT2D eigenvalue weighted by Gasteiger charge is -2.34. The first-order valence-corrected chi connectivity index (χ1v) is 10.9. The first-order valence-electron chi connectivity index (χ1n) is 10.9. The third kappa shape index (κ3) is 5.04. The van der Waals surface area contributed by atoms with E-state index in [1.54, 1.807) is 21.9 Å². The molecule has 1 radical (unpaired) electrons. The van der Waals surface area contributed by atoms with Crippen LogP contribution in [0.15, 0.2) is 42.5 Å². The van der Waals surface area contributed by atoms with Crippen molar-refractivity contribution in [3.8, 4) is 11.1 Å². The molecule has 0 N–H and O–H groups in total. The number of nitro groups is 1. The van der Waals surface area contributed by atoms with Gasteiger partial charge in [-0.05, 0) is 34.8 Å². The number of carbonyl (C=O) groups is 2. The predicted octanol–water partition coefficient (Wildman–Crippen LogP) is 4.28. The number of nitro benzene ring substituents is 1. The number of benzene rings is 2. The summed E-state index contributed by atoms with van der Waals surface area (Å²) in [5, 5.41) is 11.8. The molecule has 0 atom stereocenters. The molecule has 0 bridgehead atoms. The fourth-order valence-electron chi connectivity index (χ4n) is 3.96. The Hall–Kier alpha value is -3.48. The van der Waals surface area contributed by atoms with Crippen molar-refractivity contribution in [3.63, 3.8) is 0 Å². The molecule has 1 saturated heterocycles. The van der Waals surface area contributed by atoms with Crippen LogP contribution in [-0.2, 0) is 9.59 Å². The molecular weight excluding hydrogens is 406 g/mol. The van der Waals surface area contributed by atoms with Gasteiger partial charge < -0.3 is 9.80 Å². The van der Waals surface area contributed by atoms with Crippen LogP contribution in [0.1, 0.15) is 44.2 Å². The zero-order chi connectivity index (χ0) is 23.3. The van der Waals surface area contributed by atoms with Crippen molar-refractivity contribution in [3.05, 3.63) is 69.8 Å². The van der Waals surface area contributed by atoms with Gasteiger partial charge in [0.15, 0.2) is 0 Å². The summed E-state index contributed by atoms with van der Waals surface area (Å²) < 4.78 is 0. The van der Waals surface area contributed by atoms with Crippen LogP contribution >= 0.6 is 0 Å². The fourth-order valence-corrected chi connectivity index (χ4v) is 3.96. The van der Waals surface area contributed by atoms with Crippen molar-refractivity contribution >= 4 is 23.6 Å². The van der Waals surface area contributed by atoms with E-state index in [4.69, 9.17) is 0 Å². The lowest BCUT2D eigenvalue weighted by Crippen LogP contribution is -2.50. The third-order valence-corrected chi connectivity index (χ3v) is 5.70. The average molecular weight is 435 g/mol. The zero-order valence-electron chi connectivity index (χ0n) is 18.7. The molecular formula is C25H28N3O4. The molecule has 7 nitrogen and oxygen atoms in total. The minimum Gasteiger partial charge on any atom is -0.339 e. The van der Waals surface area contributed by atoms with Gasteiger partial charge in [0.2, 0.25) is 11.8 Å². The summed E-state index contributed by atoms with van der Waals surface area (Å²) in [6.45, 7) is 7.89. The maximum atomic E-state index is 12.8. The number of hydrogen-bond donors (Lipinski definition) is 0. The lowest BCUT2D eigenvalue weighted by molar-refractivity contribution is -0.384. The summed E-state index contributed by atoms with van der Waals surface area (Å²) in [7, 11) is 0. The molecule has 3 rings (SSSR count). The molecule has 0 aromatic heterocycles. The molecule has 7 heteroatoms. The van der Waals surface area contributed by atoms with Crippen LogP contribution in [0, 0.1) is 16.2 Å². The largest absolute Gasteiger partial charge is 0.339 e. The smallest absolute Gasteiger partial charge is 0.285 e. The number of hydrogen-bond acceptors (Lipinski definition) is 4. The Morgan fingerprint density at radius 3 is 2.41 bits per heavy atom. The first-order chi connectivity index (χ1) is 15.3. The molecule has 2 aromatic carbocycles. The minimum atomic E-state index is -0.435. The van der Waals surface area contributed by atoms with Gasteiger partial charge in [0.25, 0.3) is 5.69 Å². The quantitative estimate of drug-likeness (QED) is 0.386. The van der Waals surface area contributed by atoms with E-state index in [-0.39, 0.29) is 23.4 Å². The van der Waals surface area contributed by atoms with E-state index < -0.39 is 4.92 Å². The van der Waals surface area contributed by atoms with Crippen LogP contribution in [0.2, 0.25) is 0 Å². The maximum absolute atomic E-state index is 12.8. The first kappa shape index (κ1) is 23.2. The number of amides is 2. The number of carbonyl (C=O) groups excluding carboxylic acids is 2. The van der Waals surface area contributed by atoms with Gasteiger partial charge >= 0.3 is 0 Å². The topological polar surface area (TPSA) is 83.8 Å². The average Bonchev–Trinajstić information content (AvgIpc) is 2.81. The van der Waals surface area contributed by atoms with Crippen molar-refractivity contribution < 1.29 is 14.5 Å². The van der Waals surface area contributed by atoms with Gasteiger partial charge in [-0.2, -0.15) is 0 Å². The van der Waals surface area contributed by atoms with Crippen molar-refractivity contribution in [2.24, 2.45) is 0 Å². The van der Waals surface area contributed by atoms with Crippen molar-refractivity contribution in [2.45, 2.75) is 33.1 Å². The van der Waals surface area contributed by atoms with Crippen LogP contribution in [0.3, 0.4) is 0 Å². The Balaban J connectivity index is 1.90. The van der Waals surface area contributed by atoms with E-state index >= 15 is 0 Å². The van der Waals surface area contributed by atoms with Gasteiger partial charge in [-0.15, -0.1) is 0 Å². The molecule has 0 unspecified atom stereocenters. The van der Waals surface area contributed by atoms with E-state index in [1.165, 1.54) is 12.1 Å². The molecule has 0 aliphatic carbocycles. The highest BCUT2D eigenvalue weighted by Crippen LogP contribution is 2.38. The molecule has 167 valence electrons. The summed E-state index contributed by atoms with van der Waals surface area (Å²) in [6.07, 6.45) is 3.55. The summed E-state index contributed by atoms with van der Waals surface area (Å²) in [6, 6.07) is 13.6. The number of piperazine rings is 1. The minimum absolute atomic E-state index is 0.0916. The van der Waals surface area contributed by atoms with E-state index in [1.807, 2.05) is 45.0 Å². The Labute approximate surface area is 188 Å². The van der Waals surface area contributed by atoms with Crippen LogP contribution in [0.4, 0.5) is 5.69 Å². The molecule has 2 aromatic rings. The van der Waals surface area contributed by atoms with Crippen LogP contribution in [0.5, 0.6) is 0 Å². The molecule has 1 heterocycles. The normalized spacial score (nSPS) is 14.2. The molecule has 32 heavy (non-hydrogen) atoms. The van der Waals surface area contributed by atoms with Gasteiger partial charge in [-0.3, -0.25) is 19.7 Å². The van der Waals surface area contributed by atoms with Crippen molar-refractivity contribution in [1.82, 2.24) is 9.80 Å². The summed E-state index contributed by atoms with van der Waals surface area (Å²) in [4.78, 5) is 39.4. The Morgan fingerprint density at radius 1 is 1.12 bits per heavy atom. The van der Waals surface area contributed by atoms with Crippen molar-refractivity contribution in [2.75, 3.05) is 26.2 Å². The molecule has 2 amide bonds. The molecule has 1 aliphatic rings. The van der Waals surface area contributed by atoms with E-state index in [9.17, 15) is 19.7 Å². The molecule has 1 aliphatic heterocycles. The fraction of sp³-hybridized carbons (Fsp3) is 0.360. The summed E-state index contributed by atoms with van der Waals surface area (Å²) >= 11 is 0. The molecule has 0 saturated carbocycles. The standard InChI is InChI=1S/C25H28N3O4/c1-4-23(29)26-14-16-27(17-15-26)24(30)13-12-19-8-7-11-22(28(31)32)25(19)21-10-6-5-9-20(21)18(2)3/h5-10,12-13,18H,4,14-17H2,1-3H3/b13-12+.